The first-order valence-corrected chi connectivity index (χ1v) is 17.8. The van der Waals surface area contributed by atoms with E-state index in [1.165, 1.54) is 103 Å². The molecule has 0 rings (SSSR count). The van der Waals surface area contributed by atoms with E-state index in [1.54, 1.807) is 6.92 Å². The predicted molar refractivity (Wildman–Crippen MR) is 171 cm³/mol. The number of hydroxylamine groups is 4. The van der Waals surface area contributed by atoms with Gasteiger partial charge < -0.3 is 22.1 Å². The quantitative estimate of drug-likeness (QED) is 0.0370. The summed E-state index contributed by atoms with van der Waals surface area (Å²) in [6, 6.07) is 0. The number of halogens is 1. The van der Waals surface area contributed by atoms with Gasteiger partial charge in [0.15, 0.2) is 6.54 Å². The predicted octanol–water partition coefficient (Wildman–Crippen LogP) is 7.65. The van der Waals surface area contributed by atoms with E-state index in [9.17, 15) is 14.7 Å². The number of rotatable bonds is 30. The normalized spacial score (nSPS) is 12.9. The smallest absolute Gasteiger partial charge is 0.372 e. The third-order valence-electron chi connectivity index (χ3n) is 8.39. The molecule has 6 nitrogen and oxygen atoms in total. The van der Waals surface area contributed by atoms with Gasteiger partial charge in [-0.25, -0.2) is 19.3 Å². The maximum absolute atomic E-state index is 12.9. The van der Waals surface area contributed by atoms with Gasteiger partial charge in [0.2, 0.25) is 0 Å². The highest BCUT2D eigenvalue weighted by Crippen LogP contribution is 2.30. The summed E-state index contributed by atoms with van der Waals surface area (Å²) in [4.78, 5) is 36.5. The van der Waals surface area contributed by atoms with Gasteiger partial charge in [-0.05, 0) is 12.8 Å². The van der Waals surface area contributed by atoms with Gasteiger partial charge in [-0.1, -0.05) is 156 Å². The lowest BCUT2D eigenvalue weighted by Gasteiger charge is -2.39. The molecule has 0 saturated carbocycles. The Morgan fingerprint density at radius 3 is 1.07 bits per heavy atom. The van der Waals surface area contributed by atoms with Crippen molar-refractivity contribution in [3.05, 3.63) is 0 Å². The van der Waals surface area contributed by atoms with Crippen LogP contribution in [0.2, 0.25) is 0 Å². The average molecular weight is 665 g/mol. The van der Waals surface area contributed by atoms with Crippen LogP contribution in [-0.4, -0.2) is 34.1 Å². The maximum atomic E-state index is 12.9. The minimum Gasteiger partial charge on any atom is -1.00 e. The summed E-state index contributed by atoms with van der Waals surface area (Å²) in [6.07, 6.45) is 28.1. The molecule has 0 radical (unpaired) electrons. The van der Waals surface area contributed by atoms with E-state index in [4.69, 9.17) is 9.68 Å². The Morgan fingerprint density at radius 2 is 0.810 bits per heavy atom. The van der Waals surface area contributed by atoms with Crippen molar-refractivity contribution < 1.29 is 46.2 Å². The minimum absolute atomic E-state index is 0. The number of unbranched alkanes of at least 4 members (excludes halogenated alkanes) is 20. The van der Waals surface area contributed by atoms with E-state index in [1.807, 2.05) is 13.8 Å². The molecule has 0 saturated heterocycles. The van der Waals surface area contributed by atoms with Gasteiger partial charge >= 0.3 is 11.9 Å². The monoisotopic (exact) mass is 663 g/mol. The van der Waals surface area contributed by atoms with Crippen LogP contribution < -0.4 is 17.0 Å². The average Bonchev–Trinajstić information content (AvgIpc) is 2.94. The summed E-state index contributed by atoms with van der Waals surface area (Å²) in [7, 11) is 0. The number of carbonyl (C=O) groups is 2. The number of carbonyl (C=O) groups excluding carboxylic acids is 2. The van der Waals surface area contributed by atoms with E-state index >= 15 is 0 Å². The zero-order chi connectivity index (χ0) is 30.7. The van der Waals surface area contributed by atoms with Gasteiger partial charge in [-0.2, -0.15) is 0 Å². The van der Waals surface area contributed by atoms with Crippen molar-refractivity contribution in [2.45, 2.75) is 207 Å². The van der Waals surface area contributed by atoms with Crippen molar-refractivity contribution in [1.82, 2.24) is 0 Å². The first-order valence-electron chi connectivity index (χ1n) is 17.8. The van der Waals surface area contributed by atoms with Crippen molar-refractivity contribution in [3.63, 3.8) is 0 Å². The van der Waals surface area contributed by atoms with E-state index in [0.29, 0.717) is 12.8 Å². The Labute approximate surface area is 271 Å². The lowest BCUT2D eigenvalue weighted by atomic mass is 10.1. The van der Waals surface area contributed by atoms with E-state index in [2.05, 4.69) is 13.8 Å². The molecule has 0 amide bonds. The van der Waals surface area contributed by atoms with Crippen molar-refractivity contribution in [1.29, 1.82) is 0 Å². The SMILES string of the molecule is CCCCCCCCCCCCCC(=O)O[N+](CCC)(OC(=O)CCCCCCCCCCCCC)C(C)(O)CC.[Br-]. The molecule has 0 bridgehead atoms. The molecule has 252 valence electrons. The van der Waals surface area contributed by atoms with Crippen LogP contribution in [-0.2, 0) is 19.3 Å². The molecule has 0 aliphatic heterocycles. The lowest BCUT2D eigenvalue weighted by Crippen LogP contribution is -3.00. The zero-order valence-corrected chi connectivity index (χ0v) is 30.1. The second-order valence-corrected chi connectivity index (χ2v) is 12.5. The highest BCUT2D eigenvalue weighted by molar-refractivity contribution is 5.69. The Hall–Kier alpha value is -0.660. The summed E-state index contributed by atoms with van der Waals surface area (Å²) in [6.45, 7) is 10.1. The van der Waals surface area contributed by atoms with Gasteiger partial charge in [-0.3, -0.25) is 0 Å². The molecular formula is C35H70BrNO5. The van der Waals surface area contributed by atoms with E-state index in [0.717, 1.165) is 38.5 Å². The molecule has 42 heavy (non-hydrogen) atoms. The van der Waals surface area contributed by atoms with Crippen LogP contribution in [0.3, 0.4) is 0 Å². The zero-order valence-electron chi connectivity index (χ0n) is 28.5. The molecule has 0 aromatic rings. The van der Waals surface area contributed by atoms with Crippen molar-refractivity contribution >= 4 is 11.9 Å². The molecule has 1 atom stereocenters. The van der Waals surface area contributed by atoms with Crippen molar-refractivity contribution in [3.8, 4) is 0 Å². The van der Waals surface area contributed by atoms with Crippen LogP contribution in [0, 0.1) is 0 Å². The summed E-state index contributed by atoms with van der Waals surface area (Å²) < 4.78 is 0. The first kappa shape index (κ1) is 43.5. The number of hydrogen-bond donors (Lipinski definition) is 1. The standard InChI is InChI=1S/C35H70NO5.BrH/c1-6-10-12-14-16-18-20-22-24-26-28-30-33(37)40-36(32-8-3,35(5,39)9-4)41-34(38)31-29-27-25-23-21-19-17-15-13-11-7-2;/h39H,6-32H2,1-5H3;1H/q+1;/p-1. The molecule has 0 aromatic heterocycles. The molecule has 0 spiro atoms. The molecule has 0 aliphatic carbocycles. The first-order chi connectivity index (χ1) is 19.8. The Kier molecular flexibility index (Phi) is 30.1. The summed E-state index contributed by atoms with van der Waals surface area (Å²) in [5.41, 5.74) is -1.50. The lowest BCUT2D eigenvalue weighted by molar-refractivity contribution is -1.26. The minimum atomic E-state index is -1.50. The van der Waals surface area contributed by atoms with Gasteiger partial charge in [0.1, 0.15) is 0 Å². The van der Waals surface area contributed by atoms with Crippen LogP contribution in [0.4, 0.5) is 0 Å². The summed E-state index contributed by atoms with van der Waals surface area (Å²) >= 11 is 0. The second-order valence-electron chi connectivity index (χ2n) is 12.5. The molecular weight excluding hydrogens is 594 g/mol. The molecule has 1 N–H and O–H groups in total. The highest BCUT2D eigenvalue weighted by Gasteiger charge is 2.54. The molecule has 1 unspecified atom stereocenters. The van der Waals surface area contributed by atoms with Crippen LogP contribution in [0.5, 0.6) is 0 Å². The Balaban J connectivity index is 0. The fraction of sp³-hybridized carbons (Fsp3) is 0.943. The number of quaternary nitrogens is 1. The molecule has 7 heteroatoms. The molecule has 0 fully saturated rings. The molecule has 0 heterocycles. The largest absolute Gasteiger partial charge is 1.00 e. The number of aliphatic hydroxyl groups is 1. The molecule has 0 aliphatic rings. The van der Waals surface area contributed by atoms with Crippen LogP contribution >= 0.6 is 0 Å². The van der Waals surface area contributed by atoms with Crippen molar-refractivity contribution in [2.24, 2.45) is 0 Å². The van der Waals surface area contributed by atoms with Crippen LogP contribution in [0.25, 0.3) is 0 Å². The third-order valence-corrected chi connectivity index (χ3v) is 8.39. The van der Waals surface area contributed by atoms with Gasteiger partial charge in [-0.15, -0.1) is 0 Å². The fourth-order valence-corrected chi connectivity index (χ4v) is 5.37. The number of hydrogen-bond acceptors (Lipinski definition) is 5. The summed E-state index contributed by atoms with van der Waals surface area (Å²) in [5.74, 6) is -0.823. The highest BCUT2D eigenvalue weighted by atomic mass is 79.9. The Bertz CT molecular complexity index is 589. The Morgan fingerprint density at radius 1 is 0.524 bits per heavy atom. The maximum Gasteiger partial charge on any atom is 0.372 e. The van der Waals surface area contributed by atoms with Gasteiger partial charge in [0.05, 0.1) is 17.7 Å². The topological polar surface area (TPSA) is 72.8 Å². The fourth-order valence-electron chi connectivity index (χ4n) is 5.37. The van der Waals surface area contributed by atoms with E-state index < -0.39 is 22.5 Å². The third kappa shape index (κ3) is 21.9. The number of nitrogens with zero attached hydrogens (tertiary/aromatic N) is 1. The van der Waals surface area contributed by atoms with Crippen LogP contribution in [0.15, 0.2) is 0 Å². The second kappa shape index (κ2) is 29.1. The van der Waals surface area contributed by atoms with E-state index in [-0.39, 0.29) is 36.4 Å². The van der Waals surface area contributed by atoms with Crippen LogP contribution in [0.1, 0.15) is 202 Å². The van der Waals surface area contributed by atoms with Crippen molar-refractivity contribution in [2.75, 3.05) is 6.54 Å². The van der Waals surface area contributed by atoms with Gasteiger partial charge in [0.25, 0.3) is 5.72 Å². The molecule has 0 aromatic carbocycles. The van der Waals surface area contributed by atoms with Gasteiger partial charge in [0, 0.05) is 19.8 Å². The summed E-state index contributed by atoms with van der Waals surface area (Å²) in [5, 5.41) is 11.2.